The molecule has 0 aromatic rings. The Balaban J connectivity index is 0.00000338. The fraction of sp³-hybridized carbons (Fsp3) is 0.500. The summed E-state index contributed by atoms with van der Waals surface area (Å²) in [5.41, 5.74) is 0. The zero-order valence-corrected chi connectivity index (χ0v) is 21.9. The van der Waals surface area contributed by atoms with Gasteiger partial charge in [-0.1, -0.05) is 29.6 Å². The predicted octanol–water partition coefficient (Wildman–Crippen LogP) is -6.81. The molecule has 138 valence electrons. The van der Waals surface area contributed by atoms with Gasteiger partial charge in [0.15, 0.2) is 10.3 Å². The number of hydrogen-bond acceptors (Lipinski definition) is 10. The van der Waals surface area contributed by atoms with Gasteiger partial charge in [0.25, 0.3) is 0 Å². The first-order valence-corrected chi connectivity index (χ1v) is 10.2. The third kappa shape index (κ3) is 7.54. The van der Waals surface area contributed by atoms with Crippen molar-refractivity contribution in [3.05, 3.63) is 12.7 Å². The average Bonchev–Trinajstić information content (AvgIpc) is 2.95. The first kappa shape index (κ1) is 27.8. The van der Waals surface area contributed by atoms with E-state index in [1.165, 1.54) is 28.6 Å². The van der Waals surface area contributed by atoms with Crippen LogP contribution in [0.3, 0.4) is 0 Å². The van der Waals surface area contributed by atoms with Gasteiger partial charge in [0.05, 0.1) is 19.7 Å². The number of thioether (sulfide) groups is 2. The number of amidine groups is 2. The van der Waals surface area contributed by atoms with Gasteiger partial charge in [-0.3, -0.25) is 19.4 Å². The maximum atomic E-state index is 12.0. The van der Waals surface area contributed by atoms with Crippen molar-refractivity contribution in [1.29, 1.82) is 0 Å². The molecule has 2 aliphatic rings. The van der Waals surface area contributed by atoms with Crippen molar-refractivity contribution < 1.29 is 87.6 Å². The molecule has 0 aromatic carbocycles. The van der Waals surface area contributed by atoms with E-state index in [1.807, 2.05) is 0 Å². The summed E-state index contributed by atoms with van der Waals surface area (Å²) in [5, 5.41) is 7.40. The van der Waals surface area contributed by atoms with E-state index in [1.54, 1.807) is 13.0 Å². The molecule has 0 N–H and O–H groups in total. The van der Waals surface area contributed by atoms with Crippen molar-refractivity contribution in [3.8, 4) is 0 Å². The second kappa shape index (κ2) is 11.9. The molecular formula is C12H15N4Na2O6PS2. The van der Waals surface area contributed by atoms with Gasteiger partial charge in [-0.2, -0.15) is 0 Å². The molecule has 0 radical (unpaired) electrons. The molecule has 0 aliphatic carbocycles. The Morgan fingerprint density at radius 3 is 2.37 bits per heavy atom. The Labute approximate surface area is 209 Å². The fourth-order valence-electron chi connectivity index (χ4n) is 1.97. The van der Waals surface area contributed by atoms with Gasteiger partial charge in [0.2, 0.25) is 11.8 Å². The number of nitrogens with zero attached hydrogens (tertiary/aromatic N) is 4. The maximum absolute atomic E-state index is 12.0. The first-order chi connectivity index (χ1) is 11.6. The van der Waals surface area contributed by atoms with Gasteiger partial charge < -0.3 is 18.9 Å². The Hall–Kier alpha value is 0.830. The minimum atomic E-state index is -5.15. The third-order valence-corrected chi connectivity index (χ3v) is 5.91. The van der Waals surface area contributed by atoms with Gasteiger partial charge in [-0.05, 0) is 6.92 Å². The summed E-state index contributed by atoms with van der Waals surface area (Å²) in [7, 11) is -3.71. The Morgan fingerprint density at radius 1 is 1.22 bits per heavy atom. The summed E-state index contributed by atoms with van der Waals surface area (Å²) >= 11 is 2.17. The average molecular weight is 452 g/mol. The van der Waals surface area contributed by atoms with Crippen LogP contribution in [0.1, 0.15) is 6.92 Å². The largest absolute Gasteiger partial charge is 1.00 e. The van der Waals surface area contributed by atoms with Gasteiger partial charge in [-0.15, -0.1) is 16.8 Å². The third-order valence-electron chi connectivity index (χ3n) is 3.18. The van der Waals surface area contributed by atoms with Crippen LogP contribution in [0, 0.1) is 0 Å². The van der Waals surface area contributed by atoms with E-state index in [0.717, 1.165) is 11.8 Å². The minimum absolute atomic E-state index is 0. The summed E-state index contributed by atoms with van der Waals surface area (Å²) < 4.78 is 14.7. The maximum Gasteiger partial charge on any atom is 1.00 e. The number of phosphoric ester groups is 1. The molecule has 0 saturated carbocycles. The molecule has 2 saturated heterocycles. The quantitative estimate of drug-likeness (QED) is 0.168. The fourth-order valence-corrected chi connectivity index (χ4v) is 4.31. The normalized spacial score (nSPS) is 25.8. The van der Waals surface area contributed by atoms with Crippen LogP contribution in [0.15, 0.2) is 22.9 Å². The molecule has 0 aromatic heterocycles. The summed E-state index contributed by atoms with van der Waals surface area (Å²) in [6, 6.07) is 0. The van der Waals surface area contributed by atoms with Crippen LogP contribution in [-0.4, -0.2) is 62.6 Å². The molecular weight excluding hydrogens is 437 g/mol. The second-order valence-electron chi connectivity index (χ2n) is 5.01. The number of carbonyl (C=O) groups excluding carboxylic acids is 2. The van der Waals surface area contributed by atoms with Crippen LogP contribution in [-0.2, 0) is 18.7 Å². The van der Waals surface area contributed by atoms with E-state index in [4.69, 9.17) is 0 Å². The van der Waals surface area contributed by atoms with Crippen molar-refractivity contribution in [2.24, 2.45) is 10.2 Å². The van der Waals surface area contributed by atoms with Crippen molar-refractivity contribution in [2.45, 2.75) is 17.4 Å². The summed E-state index contributed by atoms with van der Waals surface area (Å²) in [6.07, 6.45) is 1.57. The first-order valence-electron chi connectivity index (χ1n) is 6.99. The molecule has 2 amide bonds. The number of hydrogen-bond donors (Lipinski definition) is 0. The minimum Gasteiger partial charge on any atom is -0.790 e. The summed E-state index contributed by atoms with van der Waals surface area (Å²) in [5.74, 6) is -0.566. The van der Waals surface area contributed by atoms with E-state index in [0.29, 0.717) is 11.7 Å². The number of phosphoric acid groups is 1. The molecule has 2 unspecified atom stereocenters. The zero-order chi connectivity index (χ0) is 18.8. The number of rotatable bonds is 6. The van der Waals surface area contributed by atoms with Crippen molar-refractivity contribution in [1.82, 2.24) is 9.80 Å². The molecule has 27 heavy (non-hydrogen) atoms. The molecule has 15 heteroatoms. The smallest absolute Gasteiger partial charge is 0.790 e. The molecule has 2 fully saturated rings. The van der Waals surface area contributed by atoms with Gasteiger partial charge in [-0.25, -0.2) is 0 Å². The van der Waals surface area contributed by atoms with E-state index < -0.39 is 25.6 Å². The van der Waals surface area contributed by atoms with Crippen LogP contribution in [0.25, 0.3) is 0 Å². The predicted molar refractivity (Wildman–Crippen MR) is 91.5 cm³/mol. The summed E-state index contributed by atoms with van der Waals surface area (Å²) in [6.45, 7) is 5.06. The van der Waals surface area contributed by atoms with Crippen LogP contribution in [0.4, 0.5) is 0 Å². The summed E-state index contributed by atoms with van der Waals surface area (Å²) in [4.78, 5) is 47.7. The standard InChI is InChI=1S/C12H17N4O6PS2.2Na/c1-4-5-16-9(17)7(2)24-12(16)14-13-11-15(3)10(18)8(25-11)6-22-23(19,20)21;;/h4,7-8H,1,5-6H2,2-3H3,(H2,19,20,21);;/q;2*+1/p-2. The Bertz CT molecular complexity index is 703. The molecule has 2 atom stereocenters. The van der Waals surface area contributed by atoms with Crippen molar-refractivity contribution in [2.75, 3.05) is 20.2 Å². The van der Waals surface area contributed by atoms with Crippen LogP contribution >= 0.6 is 31.3 Å². The topological polar surface area (TPSA) is 138 Å². The van der Waals surface area contributed by atoms with Crippen molar-refractivity contribution in [3.63, 3.8) is 0 Å². The monoisotopic (exact) mass is 452 g/mol. The van der Waals surface area contributed by atoms with Gasteiger partial charge in [0, 0.05) is 13.6 Å². The molecule has 10 nitrogen and oxygen atoms in total. The van der Waals surface area contributed by atoms with Crippen LogP contribution < -0.4 is 68.9 Å². The van der Waals surface area contributed by atoms with E-state index in [2.05, 4.69) is 21.3 Å². The van der Waals surface area contributed by atoms with E-state index in [-0.39, 0.29) is 75.4 Å². The van der Waals surface area contributed by atoms with Gasteiger partial charge >= 0.3 is 59.1 Å². The Kier molecular flexibility index (Phi) is 12.2. The van der Waals surface area contributed by atoms with Gasteiger partial charge in [0.1, 0.15) is 5.25 Å². The van der Waals surface area contributed by atoms with E-state index in [9.17, 15) is 23.9 Å². The van der Waals surface area contributed by atoms with Crippen LogP contribution in [0.5, 0.6) is 0 Å². The molecule has 0 bridgehead atoms. The SMILES string of the molecule is C=CCN1C(=O)C(C)SC1=NN=C1SC(COP(=O)([O-])[O-])C(=O)N1C.[Na+].[Na+]. The number of amides is 2. The van der Waals surface area contributed by atoms with Crippen molar-refractivity contribution >= 4 is 53.5 Å². The molecule has 2 heterocycles. The zero-order valence-electron chi connectivity index (χ0n) is 15.4. The molecule has 2 aliphatic heterocycles. The molecule has 0 spiro atoms. The second-order valence-corrected chi connectivity index (χ2v) is 8.64. The van der Waals surface area contributed by atoms with Crippen LogP contribution in [0.2, 0.25) is 0 Å². The number of carbonyl (C=O) groups is 2. The Morgan fingerprint density at radius 2 is 1.81 bits per heavy atom. The molecule has 2 rings (SSSR count). The van der Waals surface area contributed by atoms with E-state index >= 15 is 0 Å².